The van der Waals surface area contributed by atoms with E-state index in [2.05, 4.69) is 0 Å². The predicted molar refractivity (Wildman–Crippen MR) is 154 cm³/mol. The highest BCUT2D eigenvalue weighted by atomic mass is 35.5. The van der Waals surface area contributed by atoms with Crippen LogP contribution in [0, 0.1) is 5.41 Å². The smallest absolute Gasteiger partial charge is 0.311 e. The predicted octanol–water partition coefficient (Wildman–Crippen LogP) is 5.25. The lowest BCUT2D eigenvalue weighted by Crippen LogP contribution is -2.30. The van der Waals surface area contributed by atoms with Crippen LogP contribution in [0.1, 0.15) is 39.4 Å². The number of halogens is 1. The average Bonchev–Trinajstić information content (AvgIpc) is 3.40. The number of carboxylic acids is 1. The van der Waals surface area contributed by atoms with Crippen molar-refractivity contribution in [2.24, 2.45) is 5.73 Å². The summed E-state index contributed by atoms with van der Waals surface area (Å²) in [6.07, 6.45) is 0.960. The third kappa shape index (κ3) is 6.38. The summed E-state index contributed by atoms with van der Waals surface area (Å²) in [4.78, 5) is 26.7. The average molecular weight is 544 g/mol. The van der Waals surface area contributed by atoms with Gasteiger partial charge in [0.05, 0.1) is 12.5 Å². The third-order valence-electron chi connectivity index (χ3n) is 6.99. The topological polar surface area (TPSA) is 117 Å². The van der Waals surface area contributed by atoms with Gasteiger partial charge in [0.15, 0.2) is 0 Å². The highest BCUT2D eigenvalue weighted by molar-refractivity contribution is 5.99. The molecule has 4 aromatic rings. The van der Waals surface area contributed by atoms with Crippen LogP contribution >= 0.6 is 12.4 Å². The minimum Gasteiger partial charge on any atom is -0.489 e. The fraction of sp³-hybridized carbons (Fsp3) is 0.194. The number of amidine groups is 1. The molecule has 1 amide bonds. The molecule has 0 bridgehead atoms. The number of carboxylic acid groups (broad SMARTS) is 1. The largest absolute Gasteiger partial charge is 0.489 e. The van der Waals surface area contributed by atoms with Crippen LogP contribution in [0.5, 0.6) is 5.75 Å². The van der Waals surface area contributed by atoms with Gasteiger partial charge in [-0.05, 0) is 58.7 Å². The normalized spacial score (nSPS) is 15.4. The van der Waals surface area contributed by atoms with Crippen LogP contribution in [0.3, 0.4) is 0 Å². The first-order valence-corrected chi connectivity index (χ1v) is 12.6. The van der Waals surface area contributed by atoms with Crippen LogP contribution in [-0.2, 0) is 11.2 Å². The summed E-state index contributed by atoms with van der Waals surface area (Å²) in [6.45, 7) is 1.15. The monoisotopic (exact) mass is 543 g/mol. The number of hydrogen-bond donors (Lipinski definition) is 3. The minimum atomic E-state index is -0.901. The molecule has 8 heteroatoms. The maximum Gasteiger partial charge on any atom is 0.311 e. The molecule has 200 valence electrons. The van der Waals surface area contributed by atoms with Gasteiger partial charge in [-0.1, -0.05) is 60.7 Å². The number of amides is 1. The van der Waals surface area contributed by atoms with Crippen LogP contribution in [0.25, 0.3) is 10.8 Å². The van der Waals surface area contributed by atoms with Crippen molar-refractivity contribution in [1.29, 1.82) is 5.41 Å². The molecule has 1 heterocycles. The quantitative estimate of drug-likeness (QED) is 0.207. The maximum atomic E-state index is 12.7. The van der Waals surface area contributed by atoms with Crippen molar-refractivity contribution in [2.75, 3.05) is 13.1 Å². The van der Waals surface area contributed by atoms with Crippen LogP contribution in [0.15, 0.2) is 91.0 Å². The number of fused-ring (bicyclic) bond motifs is 1. The molecule has 2 atom stereocenters. The van der Waals surface area contributed by atoms with E-state index in [-0.39, 0.29) is 30.3 Å². The Kier molecular flexibility index (Phi) is 8.52. The zero-order valence-corrected chi connectivity index (χ0v) is 22.1. The SMILES string of the molecule is Cl.N=C(N)c1ccc2ccc(C[C@H](C(=O)O)c3ccc(O[C@H]4CCN(C(=O)c5ccccc5)C4)cc3)cc2c1. The summed E-state index contributed by atoms with van der Waals surface area (Å²) in [5, 5.41) is 19.6. The molecule has 1 fully saturated rings. The van der Waals surface area contributed by atoms with Crippen LogP contribution < -0.4 is 10.5 Å². The molecule has 1 saturated heterocycles. The van der Waals surface area contributed by atoms with Crippen molar-refractivity contribution < 1.29 is 19.4 Å². The zero-order chi connectivity index (χ0) is 26.6. The Labute approximate surface area is 233 Å². The molecule has 0 aromatic heterocycles. The Morgan fingerprint density at radius 3 is 2.36 bits per heavy atom. The standard InChI is InChI=1S/C31H29N3O4.ClH/c32-29(33)24-9-8-21-7-6-20(16-25(21)18-24)17-28(31(36)37)22-10-12-26(13-11-22)38-27-14-15-34(19-27)30(35)23-4-2-1-3-5-23;/h1-13,16,18,27-28H,14-15,17,19H2,(H3,32,33)(H,36,37);1H/t27-,28-;/m0./s1. The van der Waals surface area contributed by atoms with Crippen molar-refractivity contribution in [3.63, 3.8) is 0 Å². The van der Waals surface area contributed by atoms with E-state index in [9.17, 15) is 14.7 Å². The summed E-state index contributed by atoms with van der Waals surface area (Å²) in [7, 11) is 0. The molecular formula is C31H30ClN3O4. The van der Waals surface area contributed by atoms with Crippen molar-refractivity contribution in [2.45, 2.75) is 24.9 Å². The highest BCUT2D eigenvalue weighted by Gasteiger charge is 2.28. The van der Waals surface area contributed by atoms with E-state index in [1.807, 2.05) is 60.7 Å². The molecule has 5 rings (SSSR count). The van der Waals surface area contributed by atoms with Gasteiger partial charge in [0.25, 0.3) is 5.91 Å². The summed E-state index contributed by atoms with van der Waals surface area (Å²) in [5.41, 5.74) is 8.51. The number of aliphatic carboxylic acids is 1. The second-order valence-electron chi connectivity index (χ2n) is 9.62. The Bertz CT molecular complexity index is 1490. The van der Waals surface area contributed by atoms with E-state index in [0.29, 0.717) is 42.0 Å². The number of nitrogens with zero attached hydrogens (tertiary/aromatic N) is 1. The van der Waals surface area contributed by atoms with E-state index < -0.39 is 11.9 Å². The Hall–Kier alpha value is -4.36. The Morgan fingerprint density at radius 1 is 0.949 bits per heavy atom. The second-order valence-corrected chi connectivity index (χ2v) is 9.62. The van der Waals surface area contributed by atoms with Gasteiger partial charge in [-0.25, -0.2) is 0 Å². The van der Waals surface area contributed by atoms with Crippen LogP contribution in [0.4, 0.5) is 0 Å². The fourth-order valence-corrected chi connectivity index (χ4v) is 4.92. The Morgan fingerprint density at radius 2 is 1.67 bits per heavy atom. The number of likely N-dealkylation sites (tertiary alicyclic amines) is 1. The summed E-state index contributed by atoms with van der Waals surface area (Å²) in [6, 6.07) is 27.8. The van der Waals surface area contributed by atoms with E-state index in [1.54, 1.807) is 35.2 Å². The van der Waals surface area contributed by atoms with Crippen molar-refractivity contribution in [3.8, 4) is 5.75 Å². The Balaban J connectivity index is 0.00000353. The molecule has 0 spiro atoms. The molecule has 4 N–H and O–H groups in total. The molecule has 1 aliphatic rings. The number of nitrogen functional groups attached to an aromatic ring is 1. The molecule has 0 radical (unpaired) electrons. The number of carbonyl (C=O) groups excluding carboxylic acids is 1. The van der Waals surface area contributed by atoms with E-state index >= 15 is 0 Å². The molecule has 7 nitrogen and oxygen atoms in total. The van der Waals surface area contributed by atoms with Gasteiger partial charge in [0.1, 0.15) is 17.7 Å². The minimum absolute atomic E-state index is 0. The van der Waals surface area contributed by atoms with Crippen molar-refractivity contribution in [3.05, 3.63) is 113 Å². The van der Waals surface area contributed by atoms with Crippen LogP contribution in [0.2, 0.25) is 0 Å². The molecular weight excluding hydrogens is 514 g/mol. The van der Waals surface area contributed by atoms with Gasteiger partial charge in [0.2, 0.25) is 0 Å². The number of nitrogens with one attached hydrogen (secondary N) is 1. The molecule has 0 unspecified atom stereocenters. The molecule has 1 aliphatic heterocycles. The number of benzene rings is 4. The fourth-order valence-electron chi connectivity index (χ4n) is 4.92. The number of rotatable bonds is 8. The number of carbonyl (C=O) groups is 2. The lowest BCUT2D eigenvalue weighted by Gasteiger charge is -2.18. The number of hydrogen-bond acceptors (Lipinski definition) is 4. The van der Waals surface area contributed by atoms with E-state index in [4.69, 9.17) is 15.9 Å². The van der Waals surface area contributed by atoms with Gasteiger partial charge < -0.3 is 20.5 Å². The van der Waals surface area contributed by atoms with Gasteiger partial charge in [-0.3, -0.25) is 15.0 Å². The van der Waals surface area contributed by atoms with Gasteiger partial charge in [-0.15, -0.1) is 12.4 Å². The van der Waals surface area contributed by atoms with Gasteiger partial charge in [-0.2, -0.15) is 0 Å². The lowest BCUT2D eigenvalue weighted by atomic mass is 9.91. The second kappa shape index (κ2) is 12.0. The van der Waals surface area contributed by atoms with E-state index in [0.717, 1.165) is 22.8 Å². The molecule has 4 aromatic carbocycles. The molecule has 0 aliphatic carbocycles. The molecule has 39 heavy (non-hydrogen) atoms. The zero-order valence-electron chi connectivity index (χ0n) is 21.2. The van der Waals surface area contributed by atoms with Gasteiger partial charge >= 0.3 is 5.97 Å². The number of nitrogens with two attached hydrogens (primary N) is 1. The maximum absolute atomic E-state index is 12.7. The van der Waals surface area contributed by atoms with Gasteiger partial charge in [0, 0.05) is 24.1 Å². The van der Waals surface area contributed by atoms with Crippen molar-refractivity contribution in [1.82, 2.24) is 4.90 Å². The first kappa shape index (κ1) is 27.7. The molecule has 0 saturated carbocycles. The summed E-state index contributed by atoms with van der Waals surface area (Å²) >= 11 is 0. The third-order valence-corrected chi connectivity index (χ3v) is 6.99. The highest BCUT2D eigenvalue weighted by Crippen LogP contribution is 2.27. The first-order chi connectivity index (χ1) is 18.4. The van der Waals surface area contributed by atoms with Crippen LogP contribution in [-0.4, -0.2) is 46.9 Å². The summed E-state index contributed by atoms with van der Waals surface area (Å²) in [5.74, 6) is -0.969. The summed E-state index contributed by atoms with van der Waals surface area (Å²) < 4.78 is 6.11. The van der Waals surface area contributed by atoms with E-state index in [1.165, 1.54) is 0 Å². The lowest BCUT2D eigenvalue weighted by molar-refractivity contribution is -0.138. The number of ether oxygens (including phenoxy) is 1. The van der Waals surface area contributed by atoms with Crippen molar-refractivity contribution >= 4 is 40.9 Å². The first-order valence-electron chi connectivity index (χ1n) is 12.6.